The first kappa shape index (κ1) is 9.21. The summed E-state index contributed by atoms with van der Waals surface area (Å²) in [5.41, 5.74) is 2.11. The number of ether oxygens (including phenoxy) is 1. The molecule has 72 valence electrons. The molecule has 0 radical (unpaired) electrons. The van der Waals surface area contributed by atoms with Gasteiger partial charge in [0.25, 0.3) is 0 Å². The smallest absolute Gasteiger partial charge is 0.129 e. The van der Waals surface area contributed by atoms with Crippen molar-refractivity contribution in [2.45, 2.75) is 6.92 Å². The van der Waals surface area contributed by atoms with E-state index in [0.717, 1.165) is 22.0 Å². The largest absolute Gasteiger partial charge is 0.496 e. The maximum absolute atomic E-state index is 5.28. The zero-order chi connectivity index (χ0) is 9.97. The van der Waals surface area contributed by atoms with Crippen LogP contribution in [-0.2, 0) is 0 Å². The molecule has 2 aromatic rings. The number of aryl methyl sites for hydroxylation is 1. The Labute approximate surface area is 87.2 Å². The van der Waals surface area contributed by atoms with Crippen molar-refractivity contribution < 1.29 is 4.74 Å². The molecule has 14 heavy (non-hydrogen) atoms. The summed E-state index contributed by atoms with van der Waals surface area (Å²) in [4.78, 5) is 4.43. The lowest BCUT2D eigenvalue weighted by Gasteiger charge is -2.04. The van der Waals surface area contributed by atoms with E-state index in [4.69, 9.17) is 4.74 Å². The SMILES string of the molecule is COc1ccccc1-c1nc(C)cs1. The summed E-state index contributed by atoms with van der Waals surface area (Å²) in [6, 6.07) is 7.93. The van der Waals surface area contributed by atoms with Gasteiger partial charge in [-0.15, -0.1) is 11.3 Å². The van der Waals surface area contributed by atoms with E-state index in [0.29, 0.717) is 0 Å². The lowest BCUT2D eigenvalue weighted by atomic mass is 10.2. The van der Waals surface area contributed by atoms with Gasteiger partial charge in [0.1, 0.15) is 10.8 Å². The second-order valence-corrected chi connectivity index (χ2v) is 3.85. The molecular formula is C11H11NOS. The zero-order valence-electron chi connectivity index (χ0n) is 8.15. The van der Waals surface area contributed by atoms with E-state index in [1.54, 1.807) is 18.4 Å². The summed E-state index contributed by atoms with van der Waals surface area (Å²) >= 11 is 1.64. The van der Waals surface area contributed by atoms with Crippen LogP contribution in [0.15, 0.2) is 29.6 Å². The van der Waals surface area contributed by atoms with Crippen LogP contribution in [0.1, 0.15) is 5.69 Å². The van der Waals surface area contributed by atoms with Crippen LogP contribution < -0.4 is 4.74 Å². The Morgan fingerprint density at radius 3 is 2.71 bits per heavy atom. The molecule has 0 atom stereocenters. The molecule has 0 unspecified atom stereocenters. The lowest BCUT2D eigenvalue weighted by molar-refractivity contribution is 0.416. The van der Waals surface area contributed by atoms with Crippen molar-refractivity contribution in [1.29, 1.82) is 0 Å². The van der Waals surface area contributed by atoms with Gasteiger partial charge >= 0.3 is 0 Å². The predicted molar refractivity (Wildman–Crippen MR) is 58.8 cm³/mol. The molecule has 0 bridgehead atoms. The summed E-state index contributed by atoms with van der Waals surface area (Å²) in [6.07, 6.45) is 0. The maximum atomic E-state index is 5.28. The van der Waals surface area contributed by atoms with Gasteiger partial charge in [0, 0.05) is 11.1 Å². The third-order valence-electron chi connectivity index (χ3n) is 1.96. The Bertz CT molecular complexity index is 436. The van der Waals surface area contributed by atoms with E-state index >= 15 is 0 Å². The second kappa shape index (κ2) is 3.80. The molecule has 2 rings (SSSR count). The normalized spacial score (nSPS) is 10.1. The predicted octanol–water partition coefficient (Wildman–Crippen LogP) is 3.13. The minimum absolute atomic E-state index is 0.877. The molecule has 0 aliphatic heterocycles. The van der Waals surface area contributed by atoms with Crippen LogP contribution in [-0.4, -0.2) is 12.1 Å². The number of hydrogen-bond donors (Lipinski definition) is 0. The van der Waals surface area contributed by atoms with Crippen molar-refractivity contribution in [2.75, 3.05) is 7.11 Å². The van der Waals surface area contributed by atoms with E-state index < -0.39 is 0 Å². The van der Waals surface area contributed by atoms with Gasteiger partial charge in [0.05, 0.1) is 12.7 Å². The highest BCUT2D eigenvalue weighted by Crippen LogP contribution is 2.31. The van der Waals surface area contributed by atoms with E-state index in [1.807, 2.05) is 36.6 Å². The molecule has 0 N–H and O–H groups in total. The molecule has 1 aromatic heterocycles. The van der Waals surface area contributed by atoms with Gasteiger partial charge in [-0.1, -0.05) is 12.1 Å². The van der Waals surface area contributed by atoms with Crippen molar-refractivity contribution in [3.8, 4) is 16.3 Å². The zero-order valence-corrected chi connectivity index (χ0v) is 8.97. The number of nitrogens with zero attached hydrogens (tertiary/aromatic N) is 1. The summed E-state index contributed by atoms with van der Waals surface area (Å²) in [7, 11) is 1.68. The Balaban J connectivity index is 2.50. The molecule has 1 heterocycles. The van der Waals surface area contributed by atoms with E-state index in [-0.39, 0.29) is 0 Å². The highest BCUT2D eigenvalue weighted by molar-refractivity contribution is 7.13. The van der Waals surface area contributed by atoms with E-state index in [1.165, 1.54) is 0 Å². The van der Waals surface area contributed by atoms with Gasteiger partial charge in [-0.25, -0.2) is 4.98 Å². The Kier molecular flexibility index (Phi) is 2.50. The lowest BCUT2D eigenvalue weighted by Crippen LogP contribution is -1.86. The number of aromatic nitrogens is 1. The molecule has 0 aliphatic carbocycles. The van der Waals surface area contributed by atoms with Crippen LogP contribution in [0.4, 0.5) is 0 Å². The Morgan fingerprint density at radius 1 is 1.29 bits per heavy atom. The number of hydrogen-bond acceptors (Lipinski definition) is 3. The van der Waals surface area contributed by atoms with Crippen LogP contribution in [0.25, 0.3) is 10.6 Å². The second-order valence-electron chi connectivity index (χ2n) is 2.99. The standard InChI is InChI=1S/C11H11NOS/c1-8-7-14-11(12-8)9-5-3-4-6-10(9)13-2/h3-7H,1-2H3. The Hall–Kier alpha value is -1.35. The van der Waals surface area contributed by atoms with Gasteiger partial charge in [-0.05, 0) is 19.1 Å². The first-order valence-corrected chi connectivity index (χ1v) is 5.25. The van der Waals surface area contributed by atoms with Gasteiger partial charge in [0.2, 0.25) is 0 Å². The Morgan fingerprint density at radius 2 is 2.07 bits per heavy atom. The fourth-order valence-corrected chi connectivity index (χ4v) is 2.13. The number of methoxy groups -OCH3 is 1. The molecule has 0 fully saturated rings. The topological polar surface area (TPSA) is 22.1 Å². The molecular weight excluding hydrogens is 194 g/mol. The average Bonchev–Trinajstić information content (AvgIpc) is 2.65. The molecule has 3 heteroatoms. The number of para-hydroxylation sites is 1. The minimum Gasteiger partial charge on any atom is -0.496 e. The molecule has 0 spiro atoms. The van der Waals surface area contributed by atoms with Gasteiger partial charge < -0.3 is 4.74 Å². The van der Waals surface area contributed by atoms with Crippen molar-refractivity contribution in [3.05, 3.63) is 35.3 Å². The number of benzene rings is 1. The van der Waals surface area contributed by atoms with Crippen LogP contribution >= 0.6 is 11.3 Å². The van der Waals surface area contributed by atoms with Crippen molar-refractivity contribution in [2.24, 2.45) is 0 Å². The maximum Gasteiger partial charge on any atom is 0.129 e. The molecule has 1 aromatic carbocycles. The third kappa shape index (κ3) is 1.63. The van der Waals surface area contributed by atoms with Crippen LogP contribution in [0.3, 0.4) is 0 Å². The monoisotopic (exact) mass is 205 g/mol. The number of thiazole rings is 1. The summed E-state index contributed by atoms with van der Waals surface area (Å²) < 4.78 is 5.28. The molecule has 0 aliphatic rings. The fourth-order valence-electron chi connectivity index (χ4n) is 1.30. The van der Waals surface area contributed by atoms with Gasteiger partial charge in [0.15, 0.2) is 0 Å². The molecule has 2 nitrogen and oxygen atoms in total. The third-order valence-corrected chi connectivity index (χ3v) is 2.95. The molecule has 0 saturated carbocycles. The summed E-state index contributed by atoms with van der Waals surface area (Å²) in [5.74, 6) is 0.877. The van der Waals surface area contributed by atoms with Crippen LogP contribution in [0, 0.1) is 6.92 Å². The molecule has 0 amide bonds. The highest BCUT2D eigenvalue weighted by Gasteiger charge is 2.07. The van der Waals surface area contributed by atoms with Crippen LogP contribution in [0.2, 0.25) is 0 Å². The van der Waals surface area contributed by atoms with Crippen molar-refractivity contribution >= 4 is 11.3 Å². The highest BCUT2D eigenvalue weighted by atomic mass is 32.1. The van der Waals surface area contributed by atoms with Crippen molar-refractivity contribution in [3.63, 3.8) is 0 Å². The van der Waals surface area contributed by atoms with Crippen molar-refractivity contribution in [1.82, 2.24) is 4.98 Å². The van der Waals surface area contributed by atoms with E-state index in [2.05, 4.69) is 4.98 Å². The average molecular weight is 205 g/mol. The number of rotatable bonds is 2. The summed E-state index contributed by atoms with van der Waals surface area (Å²) in [6.45, 7) is 2.00. The van der Waals surface area contributed by atoms with Crippen LogP contribution in [0.5, 0.6) is 5.75 Å². The first-order valence-electron chi connectivity index (χ1n) is 4.37. The molecule has 0 saturated heterocycles. The van der Waals surface area contributed by atoms with Gasteiger partial charge in [-0.2, -0.15) is 0 Å². The minimum atomic E-state index is 0.877. The quantitative estimate of drug-likeness (QED) is 0.751. The van der Waals surface area contributed by atoms with Gasteiger partial charge in [-0.3, -0.25) is 0 Å². The fraction of sp³-hybridized carbons (Fsp3) is 0.182. The summed E-state index contributed by atoms with van der Waals surface area (Å²) in [5, 5.41) is 3.06. The van der Waals surface area contributed by atoms with E-state index in [9.17, 15) is 0 Å². The first-order chi connectivity index (χ1) is 6.81.